The SMILES string of the molecule is c1ccc(N2c3ccccc3C3(c4ccccc4-c4c(-c5ccc6c(c5)sc5ccccc56)cccc43)c3ccccc32)cc1. The van der Waals surface area contributed by atoms with Crippen LogP contribution in [0, 0.1) is 0 Å². The summed E-state index contributed by atoms with van der Waals surface area (Å²) in [5.41, 5.74) is 13.7. The fourth-order valence-corrected chi connectivity index (χ4v) is 9.29. The van der Waals surface area contributed by atoms with E-state index in [0.29, 0.717) is 0 Å². The summed E-state index contributed by atoms with van der Waals surface area (Å²) in [7, 11) is 0. The van der Waals surface area contributed by atoms with Gasteiger partial charge in [-0.05, 0) is 80.9 Å². The summed E-state index contributed by atoms with van der Waals surface area (Å²) in [6.45, 7) is 0. The third-order valence-electron chi connectivity index (χ3n) is 9.87. The molecule has 1 aliphatic heterocycles. The standard InChI is InChI=1S/C43H27NS/c1-2-13-29(14-3-1)44-38-22-9-7-19-35(38)43(36-20-8-10-23-39(36)44)34-18-6-4-16-33(34)42-30(17-12-21-37(42)43)28-25-26-32-31-15-5-11-24-40(31)45-41(32)27-28/h1-27H. The summed E-state index contributed by atoms with van der Waals surface area (Å²) in [6.07, 6.45) is 0. The van der Waals surface area contributed by atoms with Gasteiger partial charge in [0, 0.05) is 25.9 Å². The Bertz CT molecular complexity index is 2400. The van der Waals surface area contributed by atoms with E-state index in [2.05, 4.69) is 169 Å². The van der Waals surface area contributed by atoms with Crippen molar-refractivity contribution in [3.05, 3.63) is 186 Å². The van der Waals surface area contributed by atoms with Gasteiger partial charge in [0.1, 0.15) is 0 Å². The number of hydrogen-bond acceptors (Lipinski definition) is 2. The van der Waals surface area contributed by atoms with E-state index in [-0.39, 0.29) is 0 Å². The van der Waals surface area contributed by atoms with Crippen LogP contribution in [0.3, 0.4) is 0 Å². The van der Waals surface area contributed by atoms with Crippen LogP contribution in [-0.4, -0.2) is 0 Å². The molecule has 2 aliphatic rings. The van der Waals surface area contributed by atoms with Crippen molar-refractivity contribution in [1.29, 1.82) is 0 Å². The molecule has 0 saturated heterocycles. The van der Waals surface area contributed by atoms with E-state index in [0.717, 1.165) is 0 Å². The largest absolute Gasteiger partial charge is 0.310 e. The predicted molar refractivity (Wildman–Crippen MR) is 190 cm³/mol. The predicted octanol–water partition coefficient (Wildman–Crippen LogP) is 11.9. The first-order chi connectivity index (χ1) is 22.3. The molecule has 0 unspecified atom stereocenters. The summed E-state index contributed by atoms with van der Waals surface area (Å²) in [5, 5.41) is 2.67. The monoisotopic (exact) mass is 589 g/mol. The molecule has 1 aromatic heterocycles. The maximum Gasteiger partial charge on any atom is 0.0754 e. The lowest BCUT2D eigenvalue weighted by atomic mass is 9.64. The molecule has 7 aromatic carbocycles. The van der Waals surface area contributed by atoms with Crippen molar-refractivity contribution in [2.75, 3.05) is 4.90 Å². The average molecular weight is 590 g/mol. The molecular formula is C43H27NS. The van der Waals surface area contributed by atoms with Gasteiger partial charge in [-0.25, -0.2) is 0 Å². The summed E-state index contributed by atoms with van der Waals surface area (Å²) >= 11 is 1.88. The van der Waals surface area contributed by atoms with Crippen LogP contribution in [0.15, 0.2) is 164 Å². The van der Waals surface area contributed by atoms with Crippen molar-refractivity contribution in [1.82, 2.24) is 0 Å². The van der Waals surface area contributed by atoms with E-state index in [1.165, 1.54) is 81.7 Å². The number of rotatable bonds is 2. The number of benzene rings is 7. The first-order valence-corrected chi connectivity index (χ1v) is 16.3. The van der Waals surface area contributed by atoms with Crippen LogP contribution in [0.2, 0.25) is 0 Å². The first-order valence-electron chi connectivity index (χ1n) is 15.5. The molecule has 0 bridgehead atoms. The van der Waals surface area contributed by atoms with Crippen molar-refractivity contribution in [3.63, 3.8) is 0 Å². The Morgan fingerprint density at radius 1 is 0.422 bits per heavy atom. The van der Waals surface area contributed by atoms with Gasteiger partial charge in [0.25, 0.3) is 0 Å². The molecule has 10 rings (SSSR count). The van der Waals surface area contributed by atoms with Crippen LogP contribution in [0.5, 0.6) is 0 Å². The van der Waals surface area contributed by atoms with E-state index in [4.69, 9.17) is 0 Å². The topological polar surface area (TPSA) is 3.24 Å². The maximum atomic E-state index is 2.44. The van der Waals surface area contributed by atoms with Gasteiger partial charge < -0.3 is 4.90 Å². The zero-order valence-corrected chi connectivity index (χ0v) is 25.3. The lowest BCUT2D eigenvalue weighted by Gasteiger charge is -2.45. The van der Waals surface area contributed by atoms with Gasteiger partial charge in [-0.15, -0.1) is 11.3 Å². The lowest BCUT2D eigenvalue weighted by molar-refractivity contribution is 0.753. The lowest BCUT2D eigenvalue weighted by Crippen LogP contribution is -2.36. The first kappa shape index (κ1) is 24.9. The van der Waals surface area contributed by atoms with E-state index in [1.54, 1.807) is 0 Å². The van der Waals surface area contributed by atoms with Crippen molar-refractivity contribution in [2.45, 2.75) is 5.41 Å². The molecule has 45 heavy (non-hydrogen) atoms. The van der Waals surface area contributed by atoms with Gasteiger partial charge >= 0.3 is 0 Å². The van der Waals surface area contributed by atoms with Gasteiger partial charge in [-0.1, -0.05) is 127 Å². The molecule has 1 aliphatic carbocycles. The van der Waals surface area contributed by atoms with Crippen molar-refractivity contribution in [2.24, 2.45) is 0 Å². The van der Waals surface area contributed by atoms with Gasteiger partial charge in [0.05, 0.1) is 16.8 Å². The molecule has 2 heterocycles. The molecule has 210 valence electrons. The second-order valence-corrected chi connectivity index (χ2v) is 13.1. The van der Waals surface area contributed by atoms with Crippen molar-refractivity contribution in [3.8, 4) is 22.3 Å². The average Bonchev–Trinajstić information content (AvgIpc) is 3.63. The molecule has 0 saturated carbocycles. The Morgan fingerprint density at radius 3 is 1.82 bits per heavy atom. The van der Waals surface area contributed by atoms with Crippen molar-refractivity contribution >= 4 is 48.6 Å². The molecule has 1 nitrogen and oxygen atoms in total. The van der Waals surface area contributed by atoms with Crippen LogP contribution < -0.4 is 4.90 Å². The Balaban J connectivity index is 1.29. The Kier molecular flexibility index (Phi) is 5.14. The normalized spacial score (nSPS) is 13.9. The van der Waals surface area contributed by atoms with Crippen LogP contribution in [0.1, 0.15) is 22.3 Å². The Labute approximate surface area is 266 Å². The maximum absolute atomic E-state index is 2.44. The van der Waals surface area contributed by atoms with Gasteiger partial charge in [0.15, 0.2) is 0 Å². The van der Waals surface area contributed by atoms with Gasteiger partial charge in [-0.3, -0.25) is 0 Å². The minimum absolute atomic E-state index is 0.442. The van der Waals surface area contributed by atoms with E-state index < -0.39 is 5.41 Å². The number of hydrogen-bond donors (Lipinski definition) is 0. The highest BCUT2D eigenvalue weighted by Crippen LogP contribution is 2.64. The zero-order chi connectivity index (χ0) is 29.5. The molecule has 0 amide bonds. The highest BCUT2D eigenvalue weighted by molar-refractivity contribution is 7.25. The van der Waals surface area contributed by atoms with Gasteiger partial charge in [-0.2, -0.15) is 0 Å². The van der Waals surface area contributed by atoms with Crippen LogP contribution in [0.4, 0.5) is 17.1 Å². The second kappa shape index (κ2) is 9.28. The van der Waals surface area contributed by atoms with Crippen LogP contribution in [0.25, 0.3) is 42.4 Å². The van der Waals surface area contributed by atoms with E-state index in [1.807, 2.05) is 11.3 Å². The molecule has 0 radical (unpaired) electrons. The zero-order valence-electron chi connectivity index (χ0n) is 24.4. The number of fused-ring (bicyclic) bond motifs is 12. The number of thiophene rings is 1. The molecule has 1 spiro atoms. The molecular weight excluding hydrogens is 563 g/mol. The smallest absolute Gasteiger partial charge is 0.0754 e. The van der Waals surface area contributed by atoms with E-state index in [9.17, 15) is 0 Å². The molecule has 0 N–H and O–H groups in total. The fraction of sp³-hybridized carbons (Fsp3) is 0.0233. The molecule has 8 aromatic rings. The Morgan fingerprint density at radius 2 is 1.02 bits per heavy atom. The third-order valence-corrected chi connectivity index (χ3v) is 11.0. The minimum atomic E-state index is -0.442. The second-order valence-electron chi connectivity index (χ2n) is 12.0. The Hall–Kier alpha value is -5.44. The quantitative estimate of drug-likeness (QED) is 0.194. The van der Waals surface area contributed by atoms with E-state index >= 15 is 0 Å². The van der Waals surface area contributed by atoms with Gasteiger partial charge in [0.2, 0.25) is 0 Å². The number of para-hydroxylation sites is 3. The van der Waals surface area contributed by atoms with Crippen molar-refractivity contribution < 1.29 is 0 Å². The molecule has 0 fully saturated rings. The minimum Gasteiger partial charge on any atom is -0.310 e. The molecule has 0 atom stereocenters. The fourth-order valence-electron chi connectivity index (χ4n) is 8.14. The number of nitrogens with zero attached hydrogens (tertiary/aromatic N) is 1. The summed E-state index contributed by atoms with van der Waals surface area (Å²) in [4.78, 5) is 2.44. The summed E-state index contributed by atoms with van der Waals surface area (Å²) < 4.78 is 2.67. The highest BCUT2D eigenvalue weighted by Gasteiger charge is 2.52. The summed E-state index contributed by atoms with van der Waals surface area (Å²) in [6, 6.07) is 60.7. The third kappa shape index (κ3) is 3.27. The van der Waals surface area contributed by atoms with Crippen LogP contribution in [-0.2, 0) is 5.41 Å². The molecule has 2 heteroatoms. The highest BCUT2D eigenvalue weighted by atomic mass is 32.1. The summed E-state index contributed by atoms with van der Waals surface area (Å²) in [5.74, 6) is 0. The van der Waals surface area contributed by atoms with Crippen LogP contribution >= 0.6 is 11.3 Å². The number of anilines is 3.